The van der Waals surface area contributed by atoms with E-state index in [1.54, 1.807) is 0 Å². The molecule has 0 aliphatic rings. The predicted molar refractivity (Wildman–Crippen MR) is 12.9 cm³/mol. The van der Waals surface area contributed by atoms with E-state index in [-0.39, 0.29) is 49.5 Å². The van der Waals surface area contributed by atoms with E-state index in [0.717, 1.165) is 0 Å². The van der Waals surface area contributed by atoms with Crippen LogP contribution in [0.4, 0.5) is 0 Å². The maximum atomic E-state index is 8.64. The van der Waals surface area contributed by atoms with E-state index in [9.17, 15) is 0 Å². The molecule has 0 aromatic rings. The molecule has 13 heteroatoms. The maximum absolute atomic E-state index is 8.64. The Labute approximate surface area is 114 Å². The Kier molecular flexibility index (Phi) is 28.5. The third-order valence-electron chi connectivity index (χ3n) is 0. The Morgan fingerprint density at radius 1 is 0.538 bits per heavy atom. The molecule has 0 saturated carbocycles. The summed E-state index contributed by atoms with van der Waals surface area (Å²) in [4.78, 5) is 0. The summed E-state index contributed by atoms with van der Waals surface area (Å²) in [6.45, 7) is 0. The van der Waals surface area contributed by atoms with Crippen molar-refractivity contribution in [2.75, 3.05) is 0 Å². The molecule has 88 valence electrons. The minimum atomic E-state index is -6.10. The molecule has 0 fully saturated rings. The van der Waals surface area contributed by atoms with Gasteiger partial charge in [0.1, 0.15) is 0 Å². The third kappa shape index (κ3) is 367. The standard InChI is InChI=1S/3Ni.8O.2Sb/q3*+2;;;6*-1;;. The van der Waals surface area contributed by atoms with Crippen molar-refractivity contribution in [1.82, 2.24) is 0 Å². The van der Waals surface area contributed by atoms with Crippen molar-refractivity contribution in [3.8, 4) is 0 Å². The summed E-state index contributed by atoms with van der Waals surface area (Å²) < 4.78 is 69.1. The monoisotopic (exact) mass is 544 g/mol. The van der Waals surface area contributed by atoms with Crippen molar-refractivity contribution in [1.29, 1.82) is 0 Å². The fraction of sp³-hybridized carbons (Fsp3) is 0. The zero-order valence-electron chi connectivity index (χ0n) is 5.11. The van der Waals surface area contributed by atoms with Crippen molar-refractivity contribution in [3.63, 3.8) is 0 Å². The third-order valence-corrected chi connectivity index (χ3v) is 0. The average Bonchev–Trinajstić information content (AvgIpc) is 1.12. The van der Waals surface area contributed by atoms with Gasteiger partial charge in [-0.05, 0) is 0 Å². The molecule has 0 bridgehead atoms. The number of rotatable bonds is 0. The van der Waals surface area contributed by atoms with Crippen molar-refractivity contribution in [3.05, 3.63) is 0 Å². The van der Waals surface area contributed by atoms with Crippen LogP contribution in [0.1, 0.15) is 0 Å². The first-order valence-corrected chi connectivity index (χ1v) is 9.80. The molecule has 0 spiro atoms. The molecule has 0 N–H and O–H groups in total. The van der Waals surface area contributed by atoms with Crippen LogP contribution in [0.15, 0.2) is 0 Å². The molecule has 0 heterocycles. The second-order valence-electron chi connectivity index (χ2n) is 0.894. The van der Waals surface area contributed by atoms with Crippen LogP contribution in [-0.4, -0.2) is 40.1 Å². The first-order valence-electron chi connectivity index (χ1n) is 1.46. The van der Waals surface area contributed by atoms with E-state index in [0.29, 0.717) is 0 Å². The Morgan fingerprint density at radius 2 is 0.538 bits per heavy atom. The SMILES string of the molecule is [Ni+2].[Ni+2].[Ni+2].[O]=[Sb]([O-])([O-])[O-].[O]=[Sb]([O-])([O-])[O-]. The van der Waals surface area contributed by atoms with Gasteiger partial charge in [0.15, 0.2) is 0 Å². The molecule has 0 radical (unpaired) electrons. The van der Waals surface area contributed by atoms with Crippen LogP contribution in [0.2, 0.25) is 0 Å². The van der Waals surface area contributed by atoms with E-state index < -0.39 is 40.1 Å². The second-order valence-corrected chi connectivity index (χ2v) is 6.00. The van der Waals surface area contributed by atoms with Gasteiger partial charge in [-0.1, -0.05) is 0 Å². The van der Waals surface area contributed by atoms with Crippen LogP contribution in [-0.2, 0) is 55.5 Å². The predicted octanol–water partition coefficient (Wildman–Crippen LogP) is -8.14. The summed E-state index contributed by atoms with van der Waals surface area (Å²) in [5.74, 6) is 0. The molecule has 0 saturated heterocycles. The number of hydrogen-bond acceptors (Lipinski definition) is 8. The van der Waals surface area contributed by atoms with Crippen molar-refractivity contribution < 1.29 is 75.8 Å². The first-order chi connectivity index (χ1) is 4.00. The molecule has 8 nitrogen and oxygen atoms in total. The van der Waals surface area contributed by atoms with Gasteiger partial charge in [0.05, 0.1) is 0 Å². The molecular weight excluding hydrogens is 548 g/mol. The Balaban J connectivity index is -0.0000000267. The van der Waals surface area contributed by atoms with Gasteiger partial charge in [-0.2, -0.15) is 0 Å². The summed E-state index contributed by atoms with van der Waals surface area (Å²) in [7, 11) is 0. The molecule has 0 amide bonds. The Bertz CT molecular complexity index is 130. The molecule has 0 aliphatic heterocycles. The zero-order valence-corrected chi connectivity index (χ0v) is 13.2. The summed E-state index contributed by atoms with van der Waals surface area (Å²) >= 11 is -12.2. The molecule has 0 unspecified atom stereocenters. The Hall–Kier alpha value is 2.48. The van der Waals surface area contributed by atoms with Gasteiger partial charge in [0, 0.05) is 0 Å². The Morgan fingerprint density at radius 3 is 0.538 bits per heavy atom. The van der Waals surface area contributed by atoms with E-state index in [1.165, 1.54) is 0 Å². The van der Waals surface area contributed by atoms with Gasteiger partial charge in [0.2, 0.25) is 0 Å². The molecule has 0 aromatic heterocycles. The fourth-order valence-corrected chi connectivity index (χ4v) is 0. The van der Waals surface area contributed by atoms with Crippen molar-refractivity contribution in [2.24, 2.45) is 0 Å². The molecule has 0 atom stereocenters. The van der Waals surface area contributed by atoms with Crippen LogP contribution in [0.3, 0.4) is 0 Å². The average molecular weight is 548 g/mol. The summed E-state index contributed by atoms with van der Waals surface area (Å²) in [6, 6.07) is 0. The van der Waals surface area contributed by atoms with Gasteiger partial charge in [0.25, 0.3) is 0 Å². The van der Waals surface area contributed by atoms with Gasteiger partial charge in [-0.15, -0.1) is 0 Å². The summed E-state index contributed by atoms with van der Waals surface area (Å²) in [6.07, 6.45) is 0. The van der Waals surface area contributed by atoms with Crippen LogP contribution >= 0.6 is 0 Å². The minimum absolute atomic E-state index is 0. The van der Waals surface area contributed by atoms with Gasteiger partial charge in [-0.25, -0.2) is 0 Å². The van der Waals surface area contributed by atoms with Crippen LogP contribution in [0, 0.1) is 0 Å². The molecule has 0 aromatic carbocycles. The molecule has 13 heavy (non-hydrogen) atoms. The van der Waals surface area contributed by atoms with Crippen molar-refractivity contribution in [2.45, 2.75) is 0 Å². The fourth-order valence-electron chi connectivity index (χ4n) is 0. The van der Waals surface area contributed by atoms with E-state index in [4.69, 9.17) is 26.3 Å². The molecule has 0 rings (SSSR count). The second kappa shape index (κ2) is 12.5. The summed E-state index contributed by atoms with van der Waals surface area (Å²) in [5, 5.41) is 0. The topological polar surface area (TPSA) is 172 Å². The number of hydrogen-bond donors (Lipinski definition) is 0. The van der Waals surface area contributed by atoms with Crippen molar-refractivity contribution >= 4 is 40.1 Å². The van der Waals surface area contributed by atoms with E-state index in [2.05, 4.69) is 0 Å². The van der Waals surface area contributed by atoms with Gasteiger partial charge in [-0.3, -0.25) is 0 Å². The molecule has 0 aliphatic carbocycles. The van der Waals surface area contributed by atoms with Crippen LogP contribution in [0.25, 0.3) is 0 Å². The quantitative estimate of drug-likeness (QED) is 0.269. The van der Waals surface area contributed by atoms with Crippen LogP contribution in [0.5, 0.6) is 0 Å². The van der Waals surface area contributed by atoms with Crippen LogP contribution < -0.4 is 20.3 Å². The zero-order chi connectivity index (χ0) is 9.00. The van der Waals surface area contributed by atoms with Gasteiger partial charge < -0.3 is 0 Å². The van der Waals surface area contributed by atoms with Gasteiger partial charge >= 0.3 is 116 Å². The van der Waals surface area contributed by atoms with E-state index in [1.807, 2.05) is 0 Å². The molecular formula is Ni3O8Sb2. The summed E-state index contributed by atoms with van der Waals surface area (Å²) in [5.41, 5.74) is 0. The first kappa shape index (κ1) is 29.6. The normalized spacial score (nSPS) is 9.08. The van der Waals surface area contributed by atoms with E-state index >= 15 is 0 Å².